The van der Waals surface area contributed by atoms with Gasteiger partial charge in [-0.05, 0) is 20.8 Å². The molecule has 0 atom stereocenters. The first-order chi connectivity index (χ1) is 5.90. The van der Waals surface area contributed by atoms with Gasteiger partial charge in [0.15, 0.2) is 0 Å². The molecule has 0 aromatic carbocycles. The van der Waals surface area contributed by atoms with Gasteiger partial charge in [-0.25, -0.2) is 0 Å². The van der Waals surface area contributed by atoms with E-state index in [1.54, 1.807) is 20.8 Å². The largest absolute Gasteiger partial charge is 0.269 e. The maximum Gasteiger partial charge on any atom is 0.257 e. The van der Waals surface area contributed by atoms with Gasteiger partial charge < -0.3 is 0 Å². The molecule has 1 aliphatic heterocycles. The Balaban J connectivity index is 3.07. The van der Waals surface area contributed by atoms with Crippen molar-refractivity contribution in [1.29, 1.82) is 0 Å². The molecule has 0 aliphatic carbocycles. The van der Waals surface area contributed by atoms with Crippen LogP contribution in [-0.2, 0) is 9.59 Å². The molecule has 0 aromatic rings. The smallest absolute Gasteiger partial charge is 0.257 e. The van der Waals surface area contributed by atoms with Crippen molar-refractivity contribution in [2.24, 2.45) is 0 Å². The zero-order chi connectivity index (χ0) is 10.2. The van der Waals surface area contributed by atoms with Crippen molar-refractivity contribution < 1.29 is 9.59 Å². The third-order valence-corrected chi connectivity index (χ3v) is 2.01. The van der Waals surface area contributed by atoms with Crippen LogP contribution in [0.5, 0.6) is 0 Å². The van der Waals surface area contributed by atoms with Gasteiger partial charge in [0.05, 0.1) is 0 Å². The highest BCUT2D eigenvalue weighted by atomic mass is 16.2. The Morgan fingerprint density at radius 2 is 2.00 bits per heavy atom. The summed E-state index contributed by atoms with van der Waals surface area (Å²) in [6.07, 6.45) is 6.54. The summed E-state index contributed by atoms with van der Waals surface area (Å²) in [5.41, 5.74) is -0.407. The lowest BCUT2D eigenvalue weighted by molar-refractivity contribution is -0.141. The van der Waals surface area contributed by atoms with Crippen LogP contribution in [0.3, 0.4) is 0 Å². The Kier molecular flexibility index (Phi) is 2.01. The number of imide groups is 1. The summed E-state index contributed by atoms with van der Waals surface area (Å²) in [6, 6.07) is 0. The average molecular weight is 177 g/mol. The first-order valence-corrected chi connectivity index (χ1v) is 3.95. The average Bonchev–Trinajstić information content (AvgIpc) is 2.27. The molecule has 0 aromatic heterocycles. The highest BCUT2D eigenvalue weighted by Crippen LogP contribution is 2.22. The molecule has 1 aliphatic rings. The summed E-state index contributed by atoms with van der Waals surface area (Å²) < 4.78 is 0. The van der Waals surface area contributed by atoms with E-state index in [0.29, 0.717) is 5.57 Å². The standard InChI is InChI=1S/C10H11NO2/c1-5-10(3,4)11-8(12)6-7(2)9(11)13/h1,6H,2-4H3. The minimum absolute atomic E-state index is 0.298. The number of terminal acetylenes is 1. The Morgan fingerprint density at radius 1 is 1.46 bits per heavy atom. The molecule has 0 N–H and O–H groups in total. The molecule has 3 nitrogen and oxygen atoms in total. The molecule has 0 saturated heterocycles. The maximum absolute atomic E-state index is 11.5. The van der Waals surface area contributed by atoms with Crippen LogP contribution in [0.1, 0.15) is 20.8 Å². The van der Waals surface area contributed by atoms with Gasteiger partial charge in [0.25, 0.3) is 11.8 Å². The van der Waals surface area contributed by atoms with Crippen LogP contribution in [0.4, 0.5) is 0 Å². The predicted octanol–water partition coefficient (Wildman–Crippen LogP) is 0.713. The molecule has 13 heavy (non-hydrogen) atoms. The summed E-state index contributed by atoms with van der Waals surface area (Å²) in [6.45, 7) is 4.93. The fourth-order valence-corrected chi connectivity index (χ4v) is 1.18. The molecule has 2 amide bonds. The SMILES string of the molecule is C#CC(C)(C)N1C(=O)C=C(C)C1=O. The molecular formula is C10H11NO2. The lowest BCUT2D eigenvalue weighted by Crippen LogP contribution is -2.47. The van der Waals surface area contributed by atoms with Gasteiger partial charge in [-0.3, -0.25) is 14.5 Å². The fourth-order valence-electron chi connectivity index (χ4n) is 1.18. The van der Waals surface area contributed by atoms with Gasteiger partial charge in [0, 0.05) is 11.6 Å². The molecule has 1 rings (SSSR count). The molecule has 68 valence electrons. The van der Waals surface area contributed by atoms with Crippen molar-refractivity contribution in [2.45, 2.75) is 26.3 Å². The monoisotopic (exact) mass is 177 g/mol. The van der Waals surface area contributed by atoms with Crippen LogP contribution in [0.25, 0.3) is 0 Å². The van der Waals surface area contributed by atoms with E-state index in [0.717, 1.165) is 4.90 Å². The third-order valence-electron chi connectivity index (χ3n) is 2.01. The van der Waals surface area contributed by atoms with E-state index in [-0.39, 0.29) is 11.8 Å². The summed E-state index contributed by atoms with van der Waals surface area (Å²) in [5, 5.41) is 0. The van der Waals surface area contributed by atoms with Gasteiger partial charge in [-0.1, -0.05) is 5.92 Å². The number of carbonyl (C=O) groups excluding carboxylic acids is 2. The lowest BCUT2D eigenvalue weighted by Gasteiger charge is -2.28. The number of hydrogen-bond acceptors (Lipinski definition) is 2. The quantitative estimate of drug-likeness (QED) is 0.437. The molecule has 0 spiro atoms. The highest BCUT2D eigenvalue weighted by Gasteiger charge is 2.38. The van der Waals surface area contributed by atoms with E-state index in [9.17, 15) is 9.59 Å². The number of amides is 2. The fraction of sp³-hybridized carbons (Fsp3) is 0.400. The van der Waals surface area contributed by atoms with Crippen molar-refractivity contribution >= 4 is 11.8 Å². The van der Waals surface area contributed by atoms with E-state index in [1.165, 1.54) is 6.08 Å². The Morgan fingerprint density at radius 3 is 2.31 bits per heavy atom. The van der Waals surface area contributed by atoms with Gasteiger partial charge in [0.2, 0.25) is 0 Å². The minimum Gasteiger partial charge on any atom is -0.269 e. The maximum atomic E-state index is 11.5. The molecule has 3 heteroatoms. The first kappa shape index (κ1) is 9.53. The van der Waals surface area contributed by atoms with Crippen molar-refractivity contribution in [2.75, 3.05) is 0 Å². The third kappa shape index (κ3) is 1.35. The minimum atomic E-state index is -0.845. The van der Waals surface area contributed by atoms with Crippen molar-refractivity contribution in [3.63, 3.8) is 0 Å². The highest BCUT2D eigenvalue weighted by molar-refractivity contribution is 6.16. The van der Waals surface area contributed by atoms with E-state index in [1.807, 2.05) is 0 Å². The lowest BCUT2D eigenvalue weighted by atomic mass is 10.0. The normalized spacial score (nSPS) is 17.4. The van der Waals surface area contributed by atoms with Crippen LogP contribution in [0.2, 0.25) is 0 Å². The van der Waals surface area contributed by atoms with E-state index < -0.39 is 5.54 Å². The number of nitrogens with zero attached hydrogens (tertiary/aromatic N) is 1. The summed E-state index contributed by atoms with van der Waals surface area (Å²) in [7, 11) is 0. The van der Waals surface area contributed by atoms with E-state index in [4.69, 9.17) is 6.42 Å². The van der Waals surface area contributed by atoms with Crippen LogP contribution in [0.15, 0.2) is 11.6 Å². The number of hydrogen-bond donors (Lipinski definition) is 0. The second-order valence-electron chi connectivity index (χ2n) is 3.51. The topological polar surface area (TPSA) is 37.4 Å². The second-order valence-corrected chi connectivity index (χ2v) is 3.51. The zero-order valence-electron chi connectivity index (χ0n) is 7.92. The van der Waals surface area contributed by atoms with Gasteiger partial charge in [-0.2, -0.15) is 0 Å². The Labute approximate surface area is 77.4 Å². The number of rotatable bonds is 1. The summed E-state index contributed by atoms with van der Waals surface area (Å²) in [5.74, 6) is 1.79. The summed E-state index contributed by atoms with van der Waals surface area (Å²) in [4.78, 5) is 23.9. The van der Waals surface area contributed by atoms with Crippen LogP contribution < -0.4 is 0 Å². The Bertz CT molecular complexity index is 344. The van der Waals surface area contributed by atoms with Crippen LogP contribution >= 0.6 is 0 Å². The molecule has 0 unspecified atom stereocenters. The molecule has 0 fully saturated rings. The van der Waals surface area contributed by atoms with E-state index in [2.05, 4.69) is 5.92 Å². The summed E-state index contributed by atoms with van der Waals surface area (Å²) >= 11 is 0. The van der Waals surface area contributed by atoms with Gasteiger partial charge >= 0.3 is 0 Å². The van der Waals surface area contributed by atoms with Gasteiger partial charge in [-0.15, -0.1) is 6.42 Å². The second kappa shape index (κ2) is 2.74. The zero-order valence-corrected chi connectivity index (χ0v) is 7.92. The van der Waals surface area contributed by atoms with Crippen molar-refractivity contribution in [1.82, 2.24) is 4.90 Å². The molecule has 0 bridgehead atoms. The molecule has 1 heterocycles. The molecule has 0 saturated carbocycles. The first-order valence-electron chi connectivity index (χ1n) is 3.95. The van der Waals surface area contributed by atoms with Crippen LogP contribution in [0, 0.1) is 12.3 Å². The number of carbonyl (C=O) groups is 2. The van der Waals surface area contributed by atoms with Crippen LogP contribution in [-0.4, -0.2) is 22.3 Å². The molecular weight excluding hydrogens is 166 g/mol. The van der Waals surface area contributed by atoms with Crippen molar-refractivity contribution in [3.8, 4) is 12.3 Å². The van der Waals surface area contributed by atoms with Crippen molar-refractivity contribution in [3.05, 3.63) is 11.6 Å². The molecule has 0 radical (unpaired) electrons. The predicted molar refractivity (Wildman–Crippen MR) is 48.5 cm³/mol. The van der Waals surface area contributed by atoms with E-state index >= 15 is 0 Å². The van der Waals surface area contributed by atoms with Gasteiger partial charge in [0.1, 0.15) is 5.54 Å². The Hall–Kier alpha value is -1.56.